The van der Waals surface area contributed by atoms with Gasteiger partial charge < -0.3 is 11.1 Å². The quantitative estimate of drug-likeness (QED) is 0.685. The second kappa shape index (κ2) is 11.0. The summed E-state index contributed by atoms with van der Waals surface area (Å²) in [6, 6.07) is 8.24. The van der Waals surface area contributed by atoms with Crippen LogP contribution in [0.2, 0.25) is 0 Å². The van der Waals surface area contributed by atoms with Crippen molar-refractivity contribution in [2.24, 2.45) is 11.1 Å². The van der Waals surface area contributed by atoms with Gasteiger partial charge in [0.2, 0.25) is 5.91 Å². The molecule has 0 bridgehead atoms. The van der Waals surface area contributed by atoms with Crippen molar-refractivity contribution in [2.75, 3.05) is 6.54 Å². The summed E-state index contributed by atoms with van der Waals surface area (Å²) in [6.45, 7) is 6.77. The second-order valence-corrected chi connectivity index (χ2v) is 7.38. The van der Waals surface area contributed by atoms with Crippen molar-refractivity contribution < 1.29 is 4.79 Å². The molecule has 7 heteroatoms. The van der Waals surface area contributed by atoms with E-state index in [-0.39, 0.29) is 42.2 Å². The number of nitrogens with zero attached hydrogens (tertiary/aromatic N) is 1. The normalized spacial score (nSPS) is 12.2. The number of aromatic nitrogens is 1. The van der Waals surface area contributed by atoms with Gasteiger partial charge in [0.25, 0.3) is 0 Å². The van der Waals surface area contributed by atoms with E-state index in [4.69, 9.17) is 10.7 Å². The highest BCUT2D eigenvalue weighted by Crippen LogP contribution is 2.34. The van der Waals surface area contributed by atoms with Crippen LogP contribution in [0, 0.1) is 5.41 Å². The van der Waals surface area contributed by atoms with Crippen molar-refractivity contribution >= 4 is 52.3 Å². The number of hydrogen-bond donors (Lipinski definition) is 2. The topological polar surface area (TPSA) is 68.0 Å². The van der Waals surface area contributed by atoms with Gasteiger partial charge in [0, 0.05) is 19.0 Å². The van der Waals surface area contributed by atoms with Gasteiger partial charge >= 0.3 is 0 Å². The summed E-state index contributed by atoms with van der Waals surface area (Å²) >= 11 is 1.69. The minimum atomic E-state index is -0.383. The van der Waals surface area contributed by atoms with Crippen LogP contribution < -0.4 is 11.1 Å². The lowest BCUT2D eigenvalue weighted by Gasteiger charge is -2.29. The lowest BCUT2D eigenvalue weighted by molar-refractivity contribution is -0.131. The number of carbonyl (C=O) groups excluding carboxylic acids is 1. The first-order chi connectivity index (χ1) is 11.0. The Morgan fingerprint density at radius 1 is 1.28 bits per heavy atom. The molecule has 0 saturated carbocycles. The summed E-state index contributed by atoms with van der Waals surface area (Å²) < 4.78 is 1.18. The van der Waals surface area contributed by atoms with Crippen LogP contribution in [0.1, 0.15) is 45.0 Å². The fourth-order valence-electron chi connectivity index (χ4n) is 2.79. The van der Waals surface area contributed by atoms with Gasteiger partial charge in [0.05, 0.1) is 20.6 Å². The first-order valence-corrected chi connectivity index (χ1v) is 9.20. The fraction of sp³-hybridized carbons (Fsp3) is 0.556. The molecule has 0 spiro atoms. The predicted molar refractivity (Wildman–Crippen MR) is 112 cm³/mol. The van der Waals surface area contributed by atoms with Gasteiger partial charge in [-0.2, -0.15) is 0 Å². The molecule has 1 unspecified atom stereocenters. The molecule has 1 heterocycles. The fourth-order valence-corrected chi connectivity index (χ4v) is 3.90. The zero-order chi connectivity index (χ0) is 16.9. The Balaban J connectivity index is 0.00000288. The standard InChI is InChI=1S/C18H27N3OS.2ClH/c1-4-18(5-2,17(22)20-11-10-13(3)19)12-16-21-14-8-6-7-9-15(14)23-16;;/h6-9,13H,4-5,10-12,19H2,1-3H3,(H,20,22);2*1H. The monoisotopic (exact) mass is 405 g/mol. The van der Waals surface area contributed by atoms with Crippen LogP contribution in [-0.4, -0.2) is 23.5 Å². The van der Waals surface area contributed by atoms with Crippen LogP contribution >= 0.6 is 36.2 Å². The summed E-state index contributed by atoms with van der Waals surface area (Å²) in [5.41, 5.74) is 6.40. The van der Waals surface area contributed by atoms with Crippen LogP contribution in [0.15, 0.2) is 24.3 Å². The molecule has 3 N–H and O–H groups in total. The predicted octanol–water partition coefficient (Wildman–Crippen LogP) is 4.34. The van der Waals surface area contributed by atoms with Crippen molar-refractivity contribution in [3.8, 4) is 0 Å². The summed E-state index contributed by atoms with van der Waals surface area (Å²) in [4.78, 5) is 17.5. The number of amides is 1. The third-order valence-electron chi connectivity index (χ3n) is 4.55. The first kappa shape index (κ1) is 24.1. The molecule has 1 aromatic heterocycles. The number of hydrogen-bond acceptors (Lipinski definition) is 4. The smallest absolute Gasteiger partial charge is 0.226 e. The maximum absolute atomic E-state index is 12.8. The van der Waals surface area contributed by atoms with Gasteiger partial charge in [-0.1, -0.05) is 26.0 Å². The highest BCUT2D eigenvalue weighted by Gasteiger charge is 2.35. The van der Waals surface area contributed by atoms with E-state index in [0.29, 0.717) is 13.0 Å². The van der Waals surface area contributed by atoms with Crippen LogP contribution in [0.3, 0.4) is 0 Å². The number of nitrogens with one attached hydrogen (secondary N) is 1. The van der Waals surface area contributed by atoms with Crippen LogP contribution in [-0.2, 0) is 11.2 Å². The molecular weight excluding hydrogens is 377 g/mol. The van der Waals surface area contributed by atoms with E-state index in [1.807, 2.05) is 25.1 Å². The second-order valence-electron chi connectivity index (χ2n) is 6.26. The van der Waals surface area contributed by atoms with Gasteiger partial charge in [0.15, 0.2) is 0 Å². The van der Waals surface area contributed by atoms with E-state index in [0.717, 1.165) is 29.8 Å². The number of rotatable bonds is 8. The number of para-hydroxylation sites is 1. The SMILES string of the molecule is CCC(CC)(Cc1nc2ccccc2s1)C(=O)NCCC(C)N.Cl.Cl. The molecule has 2 aromatic rings. The Bertz CT molecular complexity index is 624. The molecule has 0 saturated heterocycles. The average Bonchev–Trinajstić information content (AvgIpc) is 2.94. The molecule has 142 valence electrons. The van der Waals surface area contributed by atoms with Crippen molar-refractivity contribution in [1.29, 1.82) is 0 Å². The van der Waals surface area contributed by atoms with E-state index >= 15 is 0 Å². The van der Waals surface area contributed by atoms with Crippen LogP contribution in [0.25, 0.3) is 10.2 Å². The molecule has 25 heavy (non-hydrogen) atoms. The molecule has 2 rings (SSSR count). The maximum atomic E-state index is 12.8. The highest BCUT2D eigenvalue weighted by atomic mass is 35.5. The van der Waals surface area contributed by atoms with Crippen molar-refractivity contribution in [1.82, 2.24) is 10.3 Å². The zero-order valence-electron chi connectivity index (χ0n) is 15.1. The van der Waals surface area contributed by atoms with Crippen molar-refractivity contribution in [3.63, 3.8) is 0 Å². The maximum Gasteiger partial charge on any atom is 0.226 e. The van der Waals surface area contributed by atoms with E-state index < -0.39 is 0 Å². The van der Waals surface area contributed by atoms with E-state index in [1.165, 1.54) is 4.70 Å². The summed E-state index contributed by atoms with van der Waals surface area (Å²) in [6.07, 6.45) is 3.12. The lowest BCUT2D eigenvalue weighted by Crippen LogP contribution is -2.43. The Kier molecular flexibility index (Phi) is 10.6. The minimum absolute atomic E-state index is 0. The van der Waals surface area contributed by atoms with Gasteiger partial charge in [-0.15, -0.1) is 36.2 Å². The Hall–Kier alpha value is -0.880. The Morgan fingerprint density at radius 2 is 1.92 bits per heavy atom. The van der Waals surface area contributed by atoms with Gasteiger partial charge in [0.1, 0.15) is 0 Å². The van der Waals surface area contributed by atoms with Gasteiger partial charge in [-0.3, -0.25) is 4.79 Å². The number of carbonyl (C=O) groups is 1. The largest absolute Gasteiger partial charge is 0.356 e. The first-order valence-electron chi connectivity index (χ1n) is 8.39. The van der Waals surface area contributed by atoms with Gasteiger partial charge in [-0.05, 0) is 38.3 Å². The molecule has 0 radical (unpaired) electrons. The van der Waals surface area contributed by atoms with Gasteiger partial charge in [-0.25, -0.2) is 4.98 Å². The summed E-state index contributed by atoms with van der Waals surface area (Å²) in [5.74, 6) is 0.127. The number of thiazole rings is 1. The van der Waals surface area contributed by atoms with Crippen LogP contribution in [0.4, 0.5) is 0 Å². The Morgan fingerprint density at radius 3 is 2.48 bits per heavy atom. The zero-order valence-corrected chi connectivity index (χ0v) is 17.5. The average molecular weight is 406 g/mol. The number of nitrogens with two attached hydrogens (primary N) is 1. The van der Waals surface area contributed by atoms with Crippen molar-refractivity contribution in [2.45, 2.75) is 52.5 Å². The van der Waals surface area contributed by atoms with Crippen molar-refractivity contribution in [3.05, 3.63) is 29.3 Å². The number of benzene rings is 1. The number of halogens is 2. The molecule has 0 aliphatic carbocycles. The molecule has 4 nitrogen and oxygen atoms in total. The summed E-state index contributed by atoms with van der Waals surface area (Å²) in [5, 5.41) is 4.11. The lowest BCUT2D eigenvalue weighted by atomic mass is 9.78. The van der Waals surface area contributed by atoms with E-state index in [9.17, 15) is 4.79 Å². The molecule has 1 amide bonds. The Labute approximate surface area is 166 Å². The van der Waals surface area contributed by atoms with Crippen LogP contribution in [0.5, 0.6) is 0 Å². The third kappa shape index (κ3) is 6.10. The third-order valence-corrected chi connectivity index (χ3v) is 5.58. The highest BCUT2D eigenvalue weighted by molar-refractivity contribution is 7.18. The minimum Gasteiger partial charge on any atom is -0.356 e. The van der Waals surface area contributed by atoms with E-state index in [1.54, 1.807) is 11.3 Å². The molecule has 1 atom stereocenters. The number of fused-ring (bicyclic) bond motifs is 1. The molecule has 0 aliphatic heterocycles. The molecular formula is C18H29Cl2N3OS. The molecule has 0 aliphatic rings. The molecule has 1 aromatic carbocycles. The molecule has 0 fully saturated rings. The van der Waals surface area contributed by atoms with E-state index in [2.05, 4.69) is 25.2 Å². The summed E-state index contributed by atoms with van der Waals surface area (Å²) in [7, 11) is 0.